The molecule has 0 saturated carbocycles. The SMILES string of the molecule is CCCN1CCC(NCc2ccncn2)CC1. The van der Waals surface area contributed by atoms with Gasteiger partial charge in [0.1, 0.15) is 6.33 Å². The Morgan fingerprint density at radius 3 is 2.88 bits per heavy atom. The summed E-state index contributed by atoms with van der Waals surface area (Å²) in [5.74, 6) is 0. The lowest BCUT2D eigenvalue weighted by Gasteiger charge is -2.32. The van der Waals surface area contributed by atoms with Gasteiger partial charge in [-0.15, -0.1) is 0 Å². The molecule has 1 aromatic heterocycles. The summed E-state index contributed by atoms with van der Waals surface area (Å²) in [7, 11) is 0. The van der Waals surface area contributed by atoms with Gasteiger partial charge in [-0.1, -0.05) is 6.92 Å². The zero-order chi connectivity index (χ0) is 11.9. The lowest BCUT2D eigenvalue weighted by Crippen LogP contribution is -2.42. The van der Waals surface area contributed by atoms with Crippen molar-refractivity contribution >= 4 is 0 Å². The second-order valence-electron chi connectivity index (χ2n) is 4.70. The number of hydrogen-bond donors (Lipinski definition) is 1. The van der Waals surface area contributed by atoms with Gasteiger partial charge in [-0.2, -0.15) is 0 Å². The van der Waals surface area contributed by atoms with Crippen LogP contribution in [0.4, 0.5) is 0 Å². The van der Waals surface area contributed by atoms with Gasteiger partial charge in [0.15, 0.2) is 0 Å². The molecule has 1 aliphatic rings. The second-order valence-corrected chi connectivity index (χ2v) is 4.70. The molecule has 1 fully saturated rings. The molecule has 1 N–H and O–H groups in total. The van der Waals surface area contributed by atoms with E-state index in [0.717, 1.165) is 12.2 Å². The third-order valence-corrected chi connectivity index (χ3v) is 3.34. The van der Waals surface area contributed by atoms with E-state index < -0.39 is 0 Å². The number of piperidine rings is 1. The van der Waals surface area contributed by atoms with Crippen molar-refractivity contribution in [2.24, 2.45) is 0 Å². The summed E-state index contributed by atoms with van der Waals surface area (Å²) in [6, 6.07) is 2.62. The highest BCUT2D eigenvalue weighted by Gasteiger charge is 2.17. The lowest BCUT2D eigenvalue weighted by atomic mass is 10.0. The molecule has 0 atom stereocenters. The van der Waals surface area contributed by atoms with Crippen molar-refractivity contribution in [3.8, 4) is 0 Å². The fraction of sp³-hybridized carbons (Fsp3) is 0.692. The van der Waals surface area contributed by atoms with Gasteiger partial charge >= 0.3 is 0 Å². The van der Waals surface area contributed by atoms with E-state index in [9.17, 15) is 0 Å². The van der Waals surface area contributed by atoms with E-state index in [1.54, 1.807) is 12.5 Å². The maximum Gasteiger partial charge on any atom is 0.115 e. The van der Waals surface area contributed by atoms with Crippen LogP contribution in [-0.2, 0) is 6.54 Å². The van der Waals surface area contributed by atoms with Gasteiger partial charge in [0.05, 0.1) is 5.69 Å². The summed E-state index contributed by atoms with van der Waals surface area (Å²) in [5, 5.41) is 3.58. The molecule has 2 rings (SSSR count). The van der Waals surface area contributed by atoms with Gasteiger partial charge in [0.25, 0.3) is 0 Å². The lowest BCUT2D eigenvalue weighted by molar-refractivity contribution is 0.197. The number of nitrogens with zero attached hydrogens (tertiary/aromatic N) is 3. The molecule has 0 radical (unpaired) electrons. The molecule has 0 aliphatic carbocycles. The average molecular weight is 234 g/mol. The number of likely N-dealkylation sites (tertiary alicyclic amines) is 1. The Bertz CT molecular complexity index is 306. The minimum atomic E-state index is 0.651. The Balaban J connectivity index is 1.68. The molecular weight excluding hydrogens is 212 g/mol. The number of nitrogens with one attached hydrogen (secondary N) is 1. The first-order valence-electron chi connectivity index (χ1n) is 6.59. The van der Waals surface area contributed by atoms with E-state index in [4.69, 9.17) is 0 Å². The molecule has 1 aliphatic heterocycles. The van der Waals surface area contributed by atoms with E-state index >= 15 is 0 Å². The van der Waals surface area contributed by atoms with Crippen LogP contribution in [0.15, 0.2) is 18.6 Å². The van der Waals surface area contributed by atoms with E-state index in [1.165, 1.54) is 38.9 Å². The van der Waals surface area contributed by atoms with Gasteiger partial charge < -0.3 is 10.2 Å². The van der Waals surface area contributed by atoms with Crippen molar-refractivity contribution in [1.29, 1.82) is 0 Å². The molecule has 4 nitrogen and oxygen atoms in total. The van der Waals surface area contributed by atoms with Crippen molar-refractivity contribution < 1.29 is 0 Å². The predicted molar refractivity (Wildman–Crippen MR) is 68.6 cm³/mol. The van der Waals surface area contributed by atoms with Crippen molar-refractivity contribution in [3.05, 3.63) is 24.3 Å². The average Bonchev–Trinajstić information content (AvgIpc) is 2.40. The summed E-state index contributed by atoms with van der Waals surface area (Å²) in [4.78, 5) is 10.7. The fourth-order valence-electron chi connectivity index (χ4n) is 2.35. The molecule has 0 bridgehead atoms. The van der Waals surface area contributed by atoms with Crippen molar-refractivity contribution in [2.45, 2.75) is 38.8 Å². The van der Waals surface area contributed by atoms with Gasteiger partial charge in [-0.05, 0) is 45.0 Å². The summed E-state index contributed by atoms with van der Waals surface area (Å²) in [5.41, 5.74) is 1.08. The second kappa shape index (κ2) is 6.67. The minimum Gasteiger partial charge on any atom is -0.308 e. The van der Waals surface area contributed by atoms with Gasteiger partial charge in [0, 0.05) is 18.8 Å². The van der Waals surface area contributed by atoms with Crippen LogP contribution in [-0.4, -0.2) is 40.5 Å². The Morgan fingerprint density at radius 1 is 1.41 bits per heavy atom. The third-order valence-electron chi connectivity index (χ3n) is 3.34. The van der Waals surface area contributed by atoms with E-state index in [1.807, 2.05) is 6.07 Å². The van der Waals surface area contributed by atoms with Crippen LogP contribution in [0.5, 0.6) is 0 Å². The van der Waals surface area contributed by atoms with E-state index in [2.05, 4.69) is 27.1 Å². The van der Waals surface area contributed by atoms with Crippen LogP contribution < -0.4 is 5.32 Å². The van der Waals surface area contributed by atoms with Crippen LogP contribution in [0.1, 0.15) is 31.9 Å². The van der Waals surface area contributed by atoms with Crippen LogP contribution in [0.25, 0.3) is 0 Å². The quantitative estimate of drug-likeness (QED) is 0.837. The monoisotopic (exact) mass is 234 g/mol. The highest BCUT2D eigenvalue weighted by Crippen LogP contribution is 2.10. The third kappa shape index (κ3) is 4.06. The maximum atomic E-state index is 4.22. The van der Waals surface area contributed by atoms with Crippen LogP contribution >= 0.6 is 0 Å². The molecule has 4 heteroatoms. The molecule has 0 spiro atoms. The van der Waals surface area contributed by atoms with Crippen molar-refractivity contribution in [3.63, 3.8) is 0 Å². The normalized spacial score (nSPS) is 18.4. The summed E-state index contributed by atoms with van der Waals surface area (Å²) in [6.45, 7) is 6.82. The standard InChI is InChI=1S/C13H22N4/c1-2-7-17-8-4-12(5-9-17)15-10-13-3-6-14-11-16-13/h3,6,11-12,15H,2,4-5,7-10H2,1H3. The highest BCUT2D eigenvalue weighted by molar-refractivity contribution is 4.97. The number of aromatic nitrogens is 2. The van der Waals surface area contributed by atoms with Gasteiger partial charge in [0.2, 0.25) is 0 Å². The molecule has 1 aromatic rings. The number of hydrogen-bond acceptors (Lipinski definition) is 4. The Morgan fingerprint density at radius 2 is 2.24 bits per heavy atom. The summed E-state index contributed by atoms with van der Waals surface area (Å²) >= 11 is 0. The number of rotatable bonds is 5. The molecule has 94 valence electrons. The zero-order valence-electron chi connectivity index (χ0n) is 10.6. The Kier molecular flexibility index (Phi) is 4.88. The first kappa shape index (κ1) is 12.5. The summed E-state index contributed by atoms with van der Waals surface area (Å²) in [6.07, 6.45) is 7.18. The first-order valence-corrected chi connectivity index (χ1v) is 6.59. The maximum absolute atomic E-state index is 4.22. The van der Waals surface area contributed by atoms with Crippen LogP contribution in [0.2, 0.25) is 0 Å². The van der Waals surface area contributed by atoms with Gasteiger partial charge in [-0.3, -0.25) is 0 Å². The van der Waals surface area contributed by atoms with Crippen molar-refractivity contribution in [1.82, 2.24) is 20.2 Å². The fourth-order valence-corrected chi connectivity index (χ4v) is 2.35. The highest BCUT2D eigenvalue weighted by atomic mass is 15.1. The largest absolute Gasteiger partial charge is 0.308 e. The van der Waals surface area contributed by atoms with Crippen LogP contribution in [0, 0.1) is 0 Å². The molecule has 0 aromatic carbocycles. The molecule has 0 unspecified atom stereocenters. The van der Waals surface area contributed by atoms with Crippen LogP contribution in [0.3, 0.4) is 0 Å². The molecular formula is C13H22N4. The minimum absolute atomic E-state index is 0.651. The van der Waals surface area contributed by atoms with E-state index in [0.29, 0.717) is 6.04 Å². The van der Waals surface area contributed by atoms with E-state index in [-0.39, 0.29) is 0 Å². The molecule has 17 heavy (non-hydrogen) atoms. The summed E-state index contributed by atoms with van der Waals surface area (Å²) < 4.78 is 0. The predicted octanol–water partition coefficient (Wildman–Crippen LogP) is 1.44. The topological polar surface area (TPSA) is 41.0 Å². The molecule has 1 saturated heterocycles. The van der Waals surface area contributed by atoms with Crippen molar-refractivity contribution in [2.75, 3.05) is 19.6 Å². The Hall–Kier alpha value is -1.00. The first-order chi connectivity index (χ1) is 8.38. The van der Waals surface area contributed by atoms with Gasteiger partial charge in [-0.25, -0.2) is 9.97 Å². The zero-order valence-corrected chi connectivity index (χ0v) is 10.6. The molecule has 2 heterocycles. The smallest absolute Gasteiger partial charge is 0.115 e. The molecule has 0 amide bonds. The Labute approximate surface area is 103 Å².